The fraction of sp³-hybridized carbons (Fsp3) is 0.625. The van der Waals surface area contributed by atoms with Gasteiger partial charge in [-0.05, 0) is 72.3 Å². The van der Waals surface area contributed by atoms with Crippen LogP contribution in [0.3, 0.4) is 0 Å². The predicted octanol–water partition coefficient (Wildman–Crippen LogP) is 4.69. The molecular weight excluding hydrogens is 324 g/mol. The van der Waals surface area contributed by atoms with Crippen LogP contribution in [0.2, 0.25) is 0 Å². The molecule has 20 heavy (non-hydrogen) atoms. The minimum Gasteiger partial charge on any atom is -0.317 e. The lowest BCUT2D eigenvalue weighted by Gasteiger charge is -2.32. The maximum Gasteiger partial charge on any atom is 0.143 e. The lowest BCUT2D eigenvalue weighted by Crippen LogP contribution is -2.32. The molecule has 1 nitrogen and oxygen atoms in total. The maximum absolute atomic E-state index is 14.1. The van der Waals surface area contributed by atoms with Gasteiger partial charge in [0.15, 0.2) is 0 Å². The second-order valence-corrected chi connectivity index (χ2v) is 6.49. The molecule has 0 aromatic heterocycles. The standard InChI is InChI=1S/C16H22BrF2N/c1-2-20-10-12-6-4-3-5-11(12)9-13-15(18)8-7-14(17)16(13)19/h7-8,11-12,20H,2-6,9-10H2,1H3. The summed E-state index contributed by atoms with van der Waals surface area (Å²) in [7, 11) is 0. The normalized spacial score (nSPS) is 23.0. The molecule has 0 bridgehead atoms. The van der Waals surface area contributed by atoms with Gasteiger partial charge in [-0.25, -0.2) is 8.78 Å². The van der Waals surface area contributed by atoms with Gasteiger partial charge in [-0.3, -0.25) is 0 Å². The molecule has 0 heterocycles. The average Bonchev–Trinajstić information content (AvgIpc) is 2.46. The Morgan fingerprint density at radius 1 is 1.20 bits per heavy atom. The first-order chi connectivity index (χ1) is 9.63. The highest BCUT2D eigenvalue weighted by Gasteiger charge is 2.27. The van der Waals surface area contributed by atoms with Gasteiger partial charge < -0.3 is 5.32 Å². The smallest absolute Gasteiger partial charge is 0.143 e. The summed E-state index contributed by atoms with van der Waals surface area (Å²) in [6.07, 6.45) is 5.14. The third-order valence-corrected chi connectivity index (χ3v) is 4.94. The number of nitrogens with one attached hydrogen (secondary N) is 1. The molecule has 0 spiro atoms. The van der Waals surface area contributed by atoms with E-state index in [1.54, 1.807) is 0 Å². The van der Waals surface area contributed by atoms with Gasteiger partial charge in [0.25, 0.3) is 0 Å². The minimum atomic E-state index is -0.433. The lowest BCUT2D eigenvalue weighted by atomic mass is 9.76. The molecule has 2 rings (SSSR count). The van der Waals surface area contributed by atoms with Crippen LogP contribution in [0.4, 0.5) is 8.78 Å². The Bertz CT molecular complexity index is 450. The van der Waals surface area contributed by atoms with Crippen LogP contribution in [0.25, 0.3) is 0 Å². The quantitative estimate of drug-likeness (QED) is 0.763. The van der Waals surface area contributed by atoms with E-state index in [0.29, 0.717) is 22.7 Å². The molecule has 1 aliphatic carbocycles. The Kier molecular flexibility index (Phi) is 5.97. The minimum absolute atomic E-state index is 0.243. The Labute approximate surface area is 128 Å². The lowest BCUT2D eigenvalue weighted by molar-refractivity contribution is 0.226. The molecule has 1 aromatic rings. The molecule has 0 saturated heterocycles. The van der Waals surface area contributed by atoms with Gasteiger partial charge in [0.1, 0.15) is 11.6 Å². The fourth-order valence-electron chi connectivity index (χ4n) is 3.17. The highest BCUT2D eigenvalue weighted by atomic mass is 79.9. The number of benzene rings is 1. The van der Waals surface area contributed by atoms with Crippen molar-refractivity contribution in [2.75, 3.05) is 13.1 Å². The zero-order valence-corrected chi connectivity index (χ0v) is 13.5. The van der Waals surface area contributed by atoms with Gasteiger partial charge >= 0.3 is 0 Å². The van der Waals surface area contributed by atoms with Crippen molar-refractivity contribution in [1.29, 1.82) is 0 Å². The molecule has 1 aliphatic rings. The monoisotopic (exact) mass is 345 g/mol. The number of rotatable bonds is 5. The van der Waals surface area contributed by atoms with Crippen molar-refractivity contribution in [3.8, 4) is 0 Å². The Hall–Kier alpha value is -0.480. The van der Waals surface area contributed by atoms with E-state index in [4.69, 9.17) is 0 Å². The number of hydrogen-bond donors (Lipinski definition) is 1. The van der Waals surface area contributed by atoms with E-state index in [1.165, 1.54) is 25.0 Å². The van der Waals surface area contributed by atoms with Crippen LogP contribution in [0.5, 0.6) is 0 Å². The fourth-order valence-corrected chi connectivity index (χ4v) is 3.54. The average molecular weight is 346 g/mol. The Balaban J connectivity index is 2.12. The molecule has 112 valence electrons. The largest absolute Gasteiger partial charge is 0.317 e. The summed E-state index contributed by atoms with van der Waals surface area (Å²) in [5.41, 5.74) is 0.243. The van der Waals surface area contributed by atoms with Gasteiger partial charge in [0, 0.05) is 5.56 Å². The van der Waals surface area contributed by atoms with Gasteiger partial charge in [0.2, 0.25) is 0 Å². The van der Waals surface area contributed by atoms with Crippen LogP contribution in [0.15, 0.2) is 16.6 Å². The topological polar surface area (TPSA) is 12.0 Å². The molecule has 4 heteroatoms. The maximum atomic E-state index is 14.1. The van der Waals surface area contributed by atoms with E-state index in [1.807, 2.05) is 0 Å². The highest BCUT2D eigenvalue weighted by molar-refractivity contribution is 9.10. The van der Waals surface area contributed by atoms with E-state index >= 15 is 0 Å². The van der Waals surface area contributed by atoms with Gasteiger partial charge in [-0.2, -0.15) is 0 Å². The molecule has 2 atom stereocenters. The van der Waals surface area contributed by atoms with Crippen LogP contribution >= 0.6 is 15.9 Å². The van der Waals surface area contributed by atoms with E-state index in [9.17, 15) is 8.78 Å². The number of halogens is 3. The highest BCUT2D eigenvalue weighted by Crippen LogP contribution is 2.34. The number of hydrogen-bond acceptors (Lipinski definition) is 1. The van der Waals surface area contributed by atoms with Gasteiger partial charge in [-0.15, -0.1) is 0 Å². The van der Waals surface area contributed by atoms with E-state index < -0.39 is 11.6 Å². The molecule has 0 aliphatic heterocycles. The summed E-state index contributed by atoms with van der Waals surface area (Å²) in [5, 5.41) is 3.38. The van der Waals surface area contributed by atoms with Crippen molar-refractivity contribution >= 4 is 15.9 Å². The van der Waals surface area contributed by atoms with E-state index in [0.717, 1.165) is 25.9 Å². The first-order valence-electron chi connectivity index (χ1n) is 7.46. The summed E-state index contributed by atoms with van der Waals surface area (Å²) < 4.78 is 28.3. The molecule has 1 N–H and O–H groups in total. The molecule has 1 saturated carbocycles. The van der Waals surface area contributed by atoms with Crippen LogP contribution in [0, 0.1) is 23.5 Å². The van der Waals surface area contributed by atoms with E-state index in [-0.39, 0.29) is 5.56 Å². The van der Waals surface area contributed by atoms with Crippen LogP contribution in [-0.2, 0) is 6.42 Å². The second-order valence-electron chi connectivity index (χ2n) is 5.64. The molecule has 0 radical (unpaired) electrons. The Morgan fingerprint density at radius 3 is 2.60 bits per heavy atom. The summed E-state index contributed by atoms with van der Waals surface area (Å²) in [6.45, 7) is 3.99. The molecule has 0 amide bonds. The third kappa shape index (κ3) is 3.79. The van der Waals surface area contributed by atoms with Gasteiger partial charge in [0.05, 0.1) is 4.47 Å². The summed E-state index contributed by atoms with van der Waals surface area (Å²) in [6, 6.07) is 2.79. The summed E-state index contributed by atoms with van der Waals surface area (Å²) in [4.78, 5) is 0. The van der Waals surface area contributed by atoms with Crippen molar-refractivity contribution in [2.24, 2.45) is 11.8 Å². The first-order valence-corrected chi connectivity index (χ1v) is 8.25. The van der Waals surface area contributed by atoms with Crippen LogP contribution in [0.1, 0.15) is 38.2 Å². The second kappa shape index (κ2) is 7.51. The predicted molar refractivity (Wildman–Crippen MR) is 81.8 cm³/mol. The third-order valence-electron chi connectivity index (χ3n) is 4.33. The molecule has 1 fully saturated rings. The molecule has 1 aromatic carbocycles. The van der Waals surface area contributed by atoms with E-state index in [2.05, 4.69) is 28.2 Å². The molecular formula is C16H22BrF2N. The van der Waals surface area contributed by atoms with Gasteiger partial charge in [-0.1, -0.05) is 19.8 Å². The van der Waals surface area contributed by atoms with Crippen molar-refractivity contribution < 1.29 is 8.78 Å². The van der Waals surface area contributed by atoms with Crippen LogP contribution in [-0.4, -0.2) is 13.1 Å². The first kappa shape index (κ1) is 15.9. The SMILES string of the molecule is CCNCC1CCCCC1Cc1c(F)ccc(Br)c1F. The van der Waals surface area contributed by atoms with Crippen molar-refractivity contribution in [3.63, 3.8) is 0 Å². The summed E-state index contributed by atoms with van der Waals surface area (Å²) >= 11 is 3.15. The zero-order chi connectivity index (χ0) is 14.5. The van der Waals surface area contributed by atoms with Crippen molar-refractivity contribution in [1.82, 2.24) is 5.32 Å². The Morgan fingerprint density at radius 2 is 1.90 bits per heavy atom. The van der Waals surface area contributed by atoms with Crippen molar-refractivity contribution in [2.45, 2.75) is 39.0 Å². The molecule has 2 unspecified atom stereocenters. The van der Waals surface area contributed by atoms with Crippen LogP contribution < -0.4 is 5.32 Å². The van der Waals surface area contributed by atoms with Crippen molar-refractivity contribution in [3.05, 3.63) is 33.8 Å². The summed E-state index contributed by atoms with van der Waals surface area (Å²) in [5.74, 6) is 0.0545. The zero-order valence-electron chi connectivity index (χ0n) is 11.9.